The van der Waals surface area contributed by atoms with E-state index in [-0.39, 0.29) is 17.6 Å². The highest BCUT2D eigenvalue weighted by molar-refractivity contribution is 8.00. The van der Waals surface area contributed by atoms with E-state index in [4.69, 9.17) is 0 Å². The average molecular weight is 405 g/mol. The number of carbonyl (C=O) groups is 2. The van der Waals surface area contributed by atoms with Gasteiger partial charge in [-0.1, -0.05) is 42.1 Å². The zero-order valence-corrected chi connectivity index (χ0v) is 16.3. The van der Waals surface area contributed by atoms with Crippen molar-refractivity contribution in [2.45, 2.75) is 36.6 Å². The Labute approximate surface area is 165 Å². The number of aromatic nitrogens is 4. The molecule has 1 N–H and O–H groups in total. The van der Waals surface area contributed by atoms with Gasteiger partial charge in [-0.3, -0.25) is 9.59 Å². The van der Waals surface area contributed by atoms with E-state index >= 15 is 0 Å². The normalized spacial score (nSPS) is 19.3. The molecule has 27 heavy (non-hydrogen) atoms. The van der Waals surface area contributed by atoms with Gasteiger partial charge in [0.05, 0.1) is 17.7 Å². The first-order valence-corrected chi connectivity index (χ1v) is 11.0. The van der Waals surface area contributed by atoms with Crippen molar-refractivity contribution in [1.82, 2.24) is 30.4 Å². The molecule has 1 saturated heterocycles. The predicted molar refractivity (Wildman–Crippen MR) is 103 cm³/mol. The van der Waals surface area contributed by atoms with Crippen LogP contribution >= 0.6 is 23.5 Å². The molecule has 8 nitrogen and oxygen atoms in total. The molecule has 2 aliphatic rings. The fourth-order valence-corrected chi connectivity index (χ4v) is 4.86. The minimum absolute atomic E-state index is 0.0600. The van der Waals surface area contributed by atoms with Crippen LogP contribution < -0.4 is 5.32 Å². The summed E-state index contributed by atoms with van der Waals surface area (Å²) in [5.41, 5.74) is 1.04. The molecule has 142 valence electrons. The van der Waals surface area contributed by atoms with Crippen molar-refractivity contribution in [1.29, 1.82) is 0 Å². The largest absolute Gasteiger partial charge is 0.350 e. The molecule has 1 aliphatic carbocycles. The quantitative estimate of drug-likeness (QED) is 0.696. The van der Waals surface area contributed by atoms with E-state index in [0.717, 1.165) is 18.4 Å². The fourth-order valence-electron chi connectivity index (χ4n) is 2.85. The van der Waals surface area contributed by atoms with Gasteiger partial charge in [-0.05, 0) is 28.8 Å². The van der Waals surface area contributed by atoms with Crippen molar-refractivity contribution in [2.24, 2.45) is 0 Å². The Morgan fingerprint density at radius 2 is 2.07 bits per heavy atom. The second kappa shape index (κ2) is 8.30. The molecule has 1 aromatic heterocycles. The van der Waals surface area contributed by atoms with Crippen LogP contribution in [0.1, 0.15) is 24.4 Å². The summed E-state index contributed by atoms with van der Waals surface area (Å²) in [6.45, 7) is 0.466. The Bertz CT molecular complexity index is 811. The second-order valence-electron chi connectivity index (χ2n) is 6.51. The van der Waals surface area contributed by atoms with Crippen LogP contribution in [0.15, 0.2) is 35.5 Å². The summed E-state index contributed by atoms with van der Waals surface area (Å²) in [4.78, 5) is 26.9. The van der Waals surface area contributed by atoms with E-state index in [1.165, 1.54) is 11.8 Å². The van der Waals surface area contributed by atoms with E-state index in [1.54, 1.807) is 21.3 Å². The Morgan fingerprint density at radius 1 is 1.26 bits per heavy atom. The summed E-state index contributed by atoms with van der Waals surface area (Å²) in [5.74, 6) is 1.23. The van der Waals surface area contributed by atoms with Crippen molar-refractivity contribution in [3.63, 3.8) is 0 Å². The molecule has 10 heteroatoms. The fraction of sp³-hybridized carbons (Fsp3) is 0.471. The zero-order valence-electron chi connectivity index (χ0n) is 14.7. The van der Waals surface area contributed by atoms with Crippen molar-refractivity contribution in [2.75, 3.05) is 17.4 Å². The molecule has 4 rings (SSSR count). The summed E-state index contributed by atoms with van der Waals surface area (Å²) in [7, 11) is 0. The second-order valence-corrected chi connectivity index (χ2v) is 8.45. The number of tetrazole rings is 1. The number of nitrogens with zero attached hydrogens (tertiary/aromatic N) is 5. The number of hydrogen-bond donors (Lipinski definition) is 1. The molecule has 1 aromatic carbocycles. The van der Waals surface area contributed by atoms with E-state index in [2.05, 4.69) is 20.8 Å². The van der Waals surface area contributed by atoms with Gasteiger partial charge in [0, 0.05) is 12.3 Å². The van der Waals surface area contributed by atoms with Gasteiger partial charge in [0.1, 0.15) is 6.04 Å². The number of thioether (sulfide) groups is 2. The molecule has 0 radical (unpaired) electrons. The molecule has 2 heterocycles. The van der Waals surface area contributed by atoms with Crippen molar-refractivity contribution in [3.8, 4) is 0 Å². The summed E-state index contributed by atoms with van der Waals surface area (Å²) in [5, 5.41) is 15.3. The first-order valence-electron chi connectivity index (χ1n) is 8.82. The summed E-state index contributed by atoms with van der Waals surface area (Å²) in [6, 6.07) is 9.70. The molecule has 1 saturated carbocycles. The van der Waals surface area contributed by atoms with E-state index in [0.29, 0.717) is 29.4 Å². The molecule has 2 amide bonds. The van der Waals surface area contributed by atoms with E-state index < -0.39 is 6.04 Å². The van der Waals surface area contributed by atoms with Crippen molar-refractivity contribution < 1.29 is 9.59 Å². The molecular weight excluding hydrogens is 384 g/mol. The van der Waals surface area contributed by atoms with Gasteiger partial charge in [0.25, 0.3) is 0 Å². The maximum Gasteiger partial charge on any atom is 0.243 e. The highest BCUT2D eigenvalue weighted by Gasteiger charge is 2.35. The van der Waals surface area contributed by atoms with Gasteiger partial charge in [-0.25, -0.2) is 4.68 Å². The standard InChI is InChI=1S/C17H20N6O2S2/c24-15(10-27-17-19-20-21-23(17)13-6-7-13)22-11-26-9-14(22)16(25)18-8-12-4-2-1-3-5-12/h1-5,13-14H,6-11H2,(H,18,25). The van der Waals surface area contributed by atoms with Crippen LogP contribution in [-0.2, 0) is 16.1 Å². The third kappa shape index (κ3) is 4.44. The third-order valence-corrected chi connectivity index (χ3v) is 6.43. The zero-order chi connectivity index (χ0) is 18.6. The third-order valence-electron chi connectivity index (χ3n) is 4.49. The highest BCUT2D eigenvalue weighted by Crippen LogP contribution is 2.36. The lowest BCUT2D eigenvalue weighted by Gasteiger charge is -2.23. The van der Waals surface area contributed by atoms with Gasteiger partial charge in [0.2, 0.25) is 17.0 Å². The number of amides is 2. The Kier molecular flexibility index (Phi) is 5.63. The molecule has 0 spiro atoms. The Morgan fingerprint density at radius 3 is 2.85 bits per heavy atom. The SMILES string of the molecule is O=C(NCc1ccccc1)C1CSCN1C(=O)CSc1nnnn1C1CC1. The average Bonchev–Trinajstić information content (AvgIpc) is 3.23. The van der Waals surface area contributed by atoms with E-state index in [1.807, 2.05) is 30.3 Å². The lowest BCUT2D eigenvalue weighted by molar-refractivity contribution is -0.136. The number of benzene rings is 1. The van der Waals surface area contributed by atoms with Crippen LogP contribution in [0.3, 0.4) is 0 Å². The smallest absolute Gasteiger partial charge is 0.243 e. The number of rotatable bonds is 7. The van der Waals surface area contributed by atoms with Gasteiger partial charge in [0.15, 0.2) is 0 Å². The van der Waals surface area contributed by atoms with Crippen LogP contribution in [0.2, 0.25) is 0 Å². The molecule has 0 bridgehead atoms. The van der Waals surface area contributed by atoms with Crippen LogP contribution in [0.4, 0.5) is 0 Å². The Hall–Kier alpha value is -2.07. The monoisotopic (exact) mass is 404 g/mol. The highest BCUT2D eigenvalue weighted by atomic mass is 32.2. The molecule has 1 aliphatic heterocycles. The summed E-state index contributed by atoms with van der Waals surface area (Å²) < 4.78 is 1.79. The van der Waals surface area contributed by atoms with Crippen LogP contribution in [0, 0.1) is 0 Å². The number of nitrogens with one attached hydrogen (secondary N) is 1. The van der Waals surface area contributed by atoms with Gasteiger partial charge >= 0.3 is 0 Å². The number of carbonyl (C=O) groups excluding carboxylic acids is 2. The molecule has 1 unspecified atom stereocenters. The lowest BCUT2D eigenvalue weighted by Crippen LogP contribution is -2.47. The maximum atomic E-state index is 12.7. The van der Waals surface area contributed by atoms with E-state index in [9.17, 15) is 9.59 Å². The van der Waals surface area contributed by atoms with Crippen LogP contribution in [0.25, 0.3) is 0 Å². The first-order chi connectivity index (χ1) is 13.2. The molecule has 1 atom stereocenters. The summed E-state index contributed by atoms with van der Waals surface area (Å²) in [6.07, 6.45) is 2.16. The molecule has 2 aromatic rings. The Balaban J connectivity index is 1.31. The van der Waals surface area contributed by atoms with Crippen LogP contribution in [-0.4, -0.2) is 60.3 Å². The van der Waals surface area contributed by atoms with Gasteiger partial charge in [-0.2, -0.15) is 0 Å². The maximum absolute atomic E-state index is 12.7. The van der Waals surface area contributed by atoms with Gasteiger partial charge in [-0.15, -0.1) is 16.9 Å². The minimum atomic E-state index is -0.425. The van der Waals surface area contributed by atoms with Crippen molar-refractivity contribution >= 4 is 35.3 Å². The van der Waals surface area contributed by atoms with Crippen molar-refractivity contribution in [3.05, 3.63) is 35.9 Å². The topological polar surface area (TPSA) is 93.0 Å². The molecule has 2 fully saturated rings. The predicted octanol–water partition coefficient (Wildman–Crippen LogP) is 1.32. The summed E-state index contributed by atoms with van der Waals surface area (Å²) >= 11 is 2.94. The van der Waals surface area contributed by atoms with Crippen LogP contribution in [0.5, 0.6) is 0 Å². The van der Waals surface area contributed by atoms with Gasteiger partial charge < -0.3 is 10.2 Å². The first kappa shape index (κ1) is 18.3. The minimum Gasteiger partial charge on any atom is -0.350 e. The lowest BCUT2D eigenvalue weighted by atomic mass is 10.2. The number of hydrogen-bond acceptors (Lipinski definition) is 7. The molecular formula is C17H20N6O2S2.